The second kappa shape index (κ2) is 9.13. The van der Waals surface area contributed by atoms with Crippen LogP contribution in [0.5, 0.6) is 0 Å². The molecule has 0 bridgehead atoms. The van der Waals surface area contributed by atoms with Crippen LogP contribution in [0.3, 0.4) is 0 Å². The summed E-state index contributed by atoms with van der Waals surface area (Å²) in [5.41, 5.74) is 4.87. The van der Waals surface area contributed by atoms with Crippen LogP contribution in [-0.2, 0) is 21.6 Å². The van der Waals surface area contributed by atoms with Gasteiger partial charge in [0, 0.05) is 48.0 Å². The quantitative estimate of drug-likeness (QED) is 0.369. The van der Waals surface area contributed by atoms with Gasteiger partial charge in [0.1, 0.15) is 22.2 Å². The Labute approximate surface area is 211 Å². The Balaban J connectivity index is 1.56. The summed E-state index contributed by atoms with van der Waals surface area (Å²) in [6.45, 7) is 0. The smallest absolute Gasteiger partial charge is 0.412 e. The Morgan fingerprint density at radius 3 is 2.43 bits per heavy atom. The second-order valence-electron chi connectivity index (χ2n) is 8.29. The molecule has 1 amide bonds. The van der Waals surface area contributed by atoms with Crippen LogP contribution in [0.4, 0.5) is 15.0 Å². The van der Waals surface area contributed by atoms with E-state index in [0.717, 1.165) is 28.6 Å². The number of amides is 1. The highest BCUT2D eigenvalue weighted by Crippen LogP contribution is 2.34. The maximum absolute atomic E-state index is 14.7. The number of aromatic nitrogens is 5. The van der Waals surface area contributed by atoms with Crippen LogP contribution in [0.25, 0.3) is 39.3 Å². The number of nitrogens with one attached hydrogen (secondary N) is 1. The summed E-state index contributed by atoms with van der Waals surface area (Å²) in [5, 5.41) is 6.86. The first-order valence-electron chi connectivity index (χ1n) is 11.0. The lowest BCUT2D eigenvalue weighted by Gasteiger charge is -2.10. The van der Waals surface area contributed by atoms with Gasteiger partial charge >= 0.3 is 6.09 Å². The topological polar surface area (TPSA) is 120 Å². The van der Waals surface area contributed by atoms with Crippen LogP contribution in [0, 0.1) is 5.82 Å². The van der Waals surface area contributed by atoms with Gasteiger partial charge in [-0.3, -0.25) is 14.4 Å². The normalized spacial score (nSPS) is 11.6. The number of anilines is 1. The summed E-state index contributed by atoms with van der Waals surface area (Å²) in [4.78, 5) is 19.8. The van der Waals surface area contributed by atoms with Gasteiger partial charge in [-0.05, 0) is 36.4 Å². The van der Waals surface area contributed by atoms with E-state index in [1.807, 2.05) is 22.7 Å². The van der Waals surface area contributed by atoms with Crippen molar-refractivity contribution in [1.29, 1.82) is 0 Å². The van der Waals surface area contributed by atoms with Gasteiger partial charge in [0.25, 0.3) is 0 Å². The fraction of sp³-hybridized carbons (Fsp3) is 0.120. The number of nitrogens with zero attached hydrogens (tertiary/aromatic N) is 5. The zero-order valence-corrected chi connectivity index (χ0v) is 20.8. The number of ether oxygens (including phenoxy) is 1. The molecule has 0 aliphatic rings. The number of hydrogen-bond donors (Lipinski definition) is 1. The summed E-state index contributed by atoms with van der Waals surface area (Å²) in [6, 6.07) is 11.2. The lowest BCUT2D eigenvalue weighted by atomic mass is 10.0. The monoisotopic (exact) mass is 520 g/mol. The fourth-order valence-corrected chi connectivity index (χ4v) is 4.80. The van der Waals surface area contributed by atoms with Crippen molar-refractivity contribution in [2.75, 3.05) is 18.7 Å². The van der Waals surface area contributed by atoms with E-state index in [0.29, 0.717) is 22.7 Å². The predicted octanol–water partition coefficient (Wildman–Crippen LogP) is 4.18. The van der Waals surface area contributed by atoms with Crippen molar-refractivity contribution < 1.29 is 22.3 Å². The molecule has 0 atom stereocenters. The first kappa shape index (κ1) is 24.1. The maximum atomic E-state index is 14.7. The number of halogens is 1. The van der Waals surface area contributed by atoms with Gasteiger partial charge in [-0.25, -0.2) is 27.6 Å². The average molecular weight is 521 g/mol. The van der Waals surface area contributed by atoms with Gasteiger partial charge in [-0.2, -0.15) is 5.10 Å². The zero-order chi connectivity index (χ0) is 26.3. The molecule has 12 heteroatoms. The lowest BCUT2D eigenvalue weighted by Crippen LogP contribution is -2.11. The molecule has 0 radical (unpaired) electrons. The molecular weight excluding hydrogens is 499 g/mol. The van der Waals surface area contributed by atoms with Gasteiger partial charge in [0.15, 0.2) is 9.84 Å². The minimum atomic E-state index is -3.69. The number of sulfone groups is 1. The molecule has 188 valence electrons. The van der Waals surface area contributed by atoms with Gasteiger partial charge in [0.2, 0.25) is 0 Å². The summed E-state index contributed by atoms with van der Waals surface area (Å²) < 4.78 is 46.4. The van der Waals surface area contributed by atoms with Crippen molar-refractivity contribution in [3.63, 3.8) is 0 Å². The maximum Gasteiger partial charge on any atom is 0.412 e. The average Bonchev–Trinajstić information content (AvgIpc) is 3.46. The standard InChI is InChI=1S/C25H21FN6O4S/c1-31-24(15-4-7-21(19(26)10-15)37(3,34)35)18(12-29-31)17-6-9-23-28-13-20(32(23)14-17)16-5-8-22(27-11-16)30-25(33)36-2/h4-14H,1-3H3,(H,27,30,33). The fourth-order valence-electron chi connectivity index (χ4n) is 4.07. The van der Waals surface area contributed by atoms with Crippen molar-refractivity contribution in [3.05, 3.63) is 73.1 Å². The third-order valence-corrected chi connectivity index (χ3v) is 6.96. The van der Waals surface area contributed by atoms with Crippen LogP contribution < -0.4 is 5.32 Å². The van der Waals surface area contributed by atoms with Crippen molar-refractivity contribution in [1.82, 2.24) is 24.1 Å². The molecule has 0 saturated carbocycles. The first-order chi connectivity index (χ1) is 17.7. The molecule has 4 aromatic heterocycles. The van der Waals surface area contributed by atoms with E-state index in [9.17, 15) is 17.6 Å². The third kappa shape index (κ3) is 4.54. The number of carbonyl (C=O) groups is 1. The molecule has 5 aromatic rings. The van der Waals surface area contributed by atoms with Crippen LogP contribution in [0.15, 0.2) is 72.1 Å². The molecule has 0 unspecified atom stereocenters. The molecule has 0 saturated heterocycles. The highest BCUT2D eigenvalue weighted by molar-refractivity contribution is 7.90. The summed E-state index contributed by atoms with van der Waals surface area (Å²) in [7, 11) is -0.684. The van der Waals surface area contributed by atoms with E-state index in [-0.39, 0.29) is 4.90 Å². The number of fused-ring (bicyclic) bond motifs is 1. The van der Waals surface area contributed by atoms with Crippen LogP contribution in [-0.4, -0.2) is 52.0 Å². The number of pyridine rings is 2. The molecule has 0 spiro atoms. The van der Waals surface area contributed by atoms with Crippen molar-refractivity contribution in [2.45, 2.75) is 4.90 Å². The van der Waals surface area contributed by atoms with Crippen LogP contribution in [0.1, 0.15) is 0 Å². The minimum absolute atomic E-state index is 0.347. The molecule has 0 fully saturated rings. The Hall–Kier alpha value is -4.58. The van der Waals surface area contributed by atoms with Crippen LogP contribution in [0.2, 0.25) is 0 Å². The van der Waals surface area contributed by atoms with Gasteiger partial charge < -0.3 is 4.74 Å². The Morgan fingerprint density at radius 2 is 1.76 bits per heavy atom. The Bertz CT molecular complexity index is 1760. The van der Waals surface area contributed by atoms with E-state index in [4.69, 9.17) is 0 Å². The number of aryl methyl sites for hydroxylation is 1. The van der Waals surface area contributed by atoms with Gasteiger partial charge in [0.05, 0.1) is 30.9 Å². The summed E-state index contributed by atoms with van der Waals surface area (Å²) in [6.07, 6.45) is 7.25. The highest BCUT2D eigenvalue weighted by Gasteiger charge is 2.19. The molecule has 1 N–H and O–H groups in total. The van der Waals surface area contributed by atoms with Crippen molar-refractivity contribution >= 4 is 27.4 Å². The minimum Gasteiger partial charge on any atom is -0.453 e. The third-order valence-electron chi connectivity index (χ3n) is 5.83. The number of methoxy groups -OCH3 is 1. The number of hydrogen-bond acceptors (Lipinski definition) is 7. The second-order valence-corrected chi connectivity index (χ2v) is 10.3. The van der Waals surface area contributed by atoms with Gasteiger partial charge in [-0.15, -0.1) is 0 Å². The number of carbonyl (C=O) groups excluding carboxylic acids is 1. The SMILES string of the molecule is COC(=O)Nc1ccc(-c2cnc3ccc(-c4cnn(C)c4-c4ccc(S(C)(=O)=O)c(F)c4)cn23)cn1. The molecule has 37 heavy (non-hydrogen) atoms. The zero-order valence-electron chi connectivity index (χ0n) is 20.0. The number of imidazole rings is 1. The molecule has 1 aromatic carbocycles. The number of rotatable bonds is 5. The van der Waals surface area contributed by atoms with E-state index in [2.05, 4.69) is 25.1 Å². The highest BCUT2D eigenvalue weighted by atomic mass is 32.2. The number of benzene rings is 1. The molecule has 10 nitrogen and oxygen atoms in total. The van der Waals surface area contributed by atoms with E-state index in [1.54, 1.807) is 48.5 Å². The predicted molar refractivity (Wildman–Crippen MR) is 135 cm³/mol. The van der Waals surface area contributed by atoms with E-state index in [1.165, 1.54) is 19.2 Å². The first-order valence-corrected chi connectivity index (χ1v) is 12.9. The van der Waals surface area contributed by atoms with Crippen molar-refractivity contribution in [3.8, 4) is 33.6 Å². The summed E-state index contributed by atoms with van der Waals surface area (Å²) >= 11 is 0. The van der Waals surface area contributed by atoms with E-state index >= 15 is 0 Å². The summed E-state index contributed by atoms with van der Waals surface area (Å²) in [5.74, 6) is -0.476. The largest absolute Gasteiger partial charge is 0.453 e. The van der Waals surface area contributed by atoms with Gasteiger partial charge in [-0.1, -0.05) is 6.07 Å². The van der Waals surface area contributed by atoms with Crippen LogP contribution >= 0.6 is 0 Å². The molecular formula is C25H21FN6O4S. The Morgan fingerprint density at radius 1 is 1.00 bits per heavy atom. The molecule has 5 rings (SSSR count). The lowest BCUT2D eigenvalue weighted by molar-refractivity contribution is 0.187. The molecule has 4 heterocycles. The van der Waals surface area contributed by atoms with Crippen molar-refractivity contribution in [2.24, 2.45) is 7.05 Å². The molecule has 0 aliphatic heterocycles. The Kier molecular flexibility index (Phi) is 5.96. The molecule has 0 aliphatic carbocycles. The van der Waals surface area contributed by atoms with E-state index < -0.39 is 21.7 Å².